The standard InChI is InChI=1S/C18H25Cl2N2O2S/c1-12-8-22(3-4-24-2)15(25-12)21-14(23)16-5-13-6-17(19,9-16)11-18(20,7-13)10-16/h8,13,25H,3-7,9-11H2,1-2H3. The number of ether oxygens (including phenoxy) is 1. The lowest BCUT2D eigenvalue weighted by molar-refractivity contribution is -0.139. The molecule has 2 unspecified atom stereocenters. The quantitative estimate of drug-likeness (QED) is 0.567. The summed E-state index contributed by atoms with van der Waals surface area (Å²) in [6.45, 7) is 3.37. The zero-order valence-corrected chi connectivity index (χ0v) is 17.1. The molecule has 25 heavy (non-hydrogen) atoms. The predicted molar refractivity (Wildman–Crippen MR) is 105 cm³/mol. The fourth-order valence-corrected chi connectivity index (χ4v) is 8.10. The van der Waals surface area contributed by atoms with E-state index in [-0.39, 0.29) is 15.7 Å². The fraction of sp³-hybridized carbons (Fsp3) is 0.778. The second kappa shape index (κ2) is 6.15. The molecule has 1 amide bonds. The van der Waals surface area contributed by atoms with Gasteiger partial charge in [-0.15, -0.1) is 35.0 Å². The topological polar surface area (TPSA) is 41.9 Å². The maximum Gasteiger partial charge on any atom is 0.254 e. The van der Waals surface area contributed by atoms with Gasteiger partial charge in [0.05, 0.1) is 12.0 Å². The first kappa shape index (κ1) is 18.1. The summed E-state index contributed by atoms with van der Waals surface area (Å²) >= 11 is 14.7. The van der Waals surface area contributed by atoms with Crippen molar-refractivity contribution >= 4 is 46.0 Å². The Morgan fingerprint density at radius 2 is 2.00 bits per heavy atom. The molecule has 1 aliphatic heterocycles. The lowest BCUT2D eigenvalue weighted by Crippen LogP contribution is -2.61. The van der Waals surface area contributed by atoms with E-state index in [9.17, 15) is 4.79 Å². The number of amidine groups is 1. The highest BCUT2D eigenvalue weighted by atomic mass is 35.5. The van der Waals surface area contributed by atoms with E-state index in [2.05, 4.69) is 18.1 Å². The van der Waals surface area contributed by atoms with Crippen LogP contribution in [0, 0.1) is 11.3 Å². The van der Waals surface area contributed by atoms with Crippen LogP contribution < -0.4 is 0 Å². The third kappa shape index (κ3) is 3.26. The summed E-state index contributed by atoms with van der Waals surface area (Å²) in [7, 11) is 1.68. The highest BCUT2D eigenvalue weighted by Gasteiger charge is 2.65. The van der Waals surface area contributed by atoms with Gasteiger partial charge in [0.25, 0.3) is 5.91 Å². The molecule has 1 heterocycles. The summed E-state index contributed by atoms with van der Waals surface area (Å²) in [5.74, 6) is 0.445. The Morgan fingerprint density at radius 3 is 2.60 bits per heavy atom. The molecule has 4 bridgehead atoms. The van der Waals surface area contributed by atoms with Gasteiger partial charge in [-0.1, -0.05) is 0 Å². The second-order valence-electron chi connectivity index (χ2n) is 8.38. The first-order valence-corrected chi connectivity index (χ1v) is 10.6. The van der Waals surface area contributed by atoms with E-state index in [4.69, 9.17) is 27.9 Å². The van der Waals surface area contributed by atoms with Crippen LogP contribution in [0.25, 0.3) is 0 Å². The van der Waals surface area contributed by atoms with Crippen LogP contribution in [0.4, 0.5) is 0 Å². The molecule has 1 radical (unpaired) electrons. The van der Waals surface area contributed by atoms with Gasteiger partial charge in [0.2, 0.25) is 0 Å². The maximum atomic E-state index is 13.3. The zero-order valence-electron chi connectivity index (χ0n) is 14.7. The number of halogens is 2. The van der Waals surface area contributed by atoms with Crippen LogP contribution in [0.5, 0.6) is 0 Å². The minimum Gasteiger partial charge on any atom is -0.383 e. The number of nitrogens with zero attached hydrogens (tertiary/aromatic N) is 2. The number of hydrogen-bond acceptors (Lipinski definition) is 2. The van der Waals surface area contributed by atoms with E-state index >= 15 is 0 Å². The molecule has 0 aromatic carbocycles. The molecule has 139 valence electrons. The molecular weight excluding hydrogens is 379 g/mol. The molecule has 0 aromatic rings. The summed E-state index contributed by atoms with van der Waals surface area (Å²) < 4.78 is 5.17. The molecule has 0 N–H and O–H groups in total. The Bertz CT molecular complexity index is 647. The summed E-state index contributed by atoms with van der Waals surface area (Å²) in [4.78, 5) is 20.5. The van der Waals surface area contributed by atoms with E-state index < -0.39 is 5.41 Å². The highest BCUT2D eigenvalue weighted by Crippen LogP contribution is 2.67. The van der Waals surface area contributed by atoms with Crippen LogP contribution in [0.2, 0.25) is 0 Å². The number of aliphatic imine (C=N–C) groups is 1. The Hall–Kier alpha value is -0.230. The SMILES string of the molecule is COCCN1C=C(C)[SH]C1=NC(=O)C12CC3CC(Cl)(CC(Cl)(C3)C1)C2. The van der Waals surface area contributed by atoms with E-state index in [0.717, 1.165) is 55.5 Å². The normalized spacial score (nSPS) is 43.8. The number of carbonyl (C=O) groups excluding carboxylic acids is 1. The van der Waals surface area contributed by atoms with Crippen LogP contribution in [0.15, 0.2) is 16.1 Å². The number of rotatable bonds is 4. The van der Waals surface area contributed by atoms with Gasteiger partial charge in [-0.05, 0) is 56.3 Å². The Balaban J connectivity index is 1.59. The van der Waals surface area contributed by atoms with Crippen molar-refractivity contribution in [2.75, 3.05) is 20.3 Å². The molecule has 0 saturated heterocycles. The summed E-state index contributed by atoms with van der Waals surface area (Å²) in [6, 6.07) is 0. The van der Waals surface area contributed by atoms with Gasteiger partial charge >= 0.3 is 0 Å². The van der Waals surface area contributed by atoms with Gasteiger partial charge in [-0.3, -0.25) is 4.79 Å². The molecule has 5 aliphatic rings. The third-order valence-corrected chi connectivity index (χ3v) is 7.87. The van der Waals surface area contributed by atoms with Crippen molar-refractivity contribution in [3.8, 4) is 0 Å². The lowest BCUT2D eigenvalue weighted by Gasteiger charge is -2.61. The third-order valence-electron chi connectivity index (χ3n) is 6.00. The van der Waals surface area contributed by atoms with Crippen LogP contribution in [-0.2, 0) is 9.53 Å². The van der Waals surface area contributed by atoms with Crippen LogP contribution >= 0.6 is 35.0 Å². The van der Waals surface area contributed by atoms with Gasteiger partial charge in [-0.2, -0.15) is 4.99 Å². The van der Waals surface area contributed by atoms with Crippen molar-refractivity contribution in [1.82, 2.24) is 4.90 Å². The number of amides is 1. The molecule has 2 atom stereocenters. The molecule has 7 heteroatoms. The van der Waals surface area contributed by atoms with Crippen LogP contribution in [0.1, 0.15) is 45.4 Å². The molecular formula is C18H25Cl2N2O2S. The van der Waals surface area contributed by atoms with Crippen molar-refractivity contribution in [3.63, 3.8) is 0 Å². The number of hydrogen-bond donors (Lipinski definition) is 1. The summed E-state index contributed by atoms with van der Waals surface area (Å²) in [5, 5.41) is 0.808. The molecule has 4 nitrogen and oxygen atoms in total. The van der Waals surface area contributed by atoms with Crippen molar-refractivity contribution in [3.05, 3.63) is 11.1 Å². The van der Waals surface area contributed by atoms with Gasteiger partial charge < -0.3 is 9.64 Å². The molecule has 5 rings (SSSR count). The lowest BCUT2D eigenvalue weighted by atomic mass is 9.48. The van der Waals surface area contributed by atoms with Gasteiger partial charge in [0.1, 0.15) is 0 Å². The van der Waals surface area contributed by atoms with Crippen LogP contribution in [0.3, 0.4) is 0 Å². The van der Waals surface area contributed by atoms with E-state index in [1.54, 1.807) is 7.11 Å². The average Bonchev–Trinajstić information content (AvgIpc) is 2.81. The van der Waals surface area contributed by atoms with Gasteiger partial charge in [0, 0.05) is 29.6 Å². The molecule has 4 aliphatic carbocycles. The summed E-state index contributed by atoms with van der Waals surface area (Å²) in [5.41, 5.74) is -0.463. The molecule has 0 spiro atoms. The highest BCUT2D eigenvalue weighted by molar-refractivity contribution is 8.17. The Kier molecular flexibility index (Phi) is 4.46. The average molecular weight is 404 g/mol. The van der Waals surface area contributed by atoms with Crippen molar-refractivity contribution < 1.29 is 9.53 Å². The predicted octanol–water partition coefficient (Wildman–Crippen LogP) is 4.10. The Morgan fingerprint density at radius 1 is 1.32 bits per heavy atom. The van der Waals surface area contributed by atoms with Crippen molar-refractivity contribution in [2.24, 2.45) is 16.3 Å². The maximum absolute atomic E-state index is 13.3. The van der Waals surface area contributed by atoms with Gasteiger partial charge in [-0.25, -0.2) is 0 Å². The Labute approximate surface area is 163 Å². The summed E-state index contributed by atoms with van der Waals surface area (Å²) in [6.07, 6.45) is 7.21. The first-order chi connectivity index (χ1) is 11.7. The van der Waals surface area contributed by atoms with Crippen LogP contribution in [-0.4, -0.2) is 46.0 Å². The zero-order chi connectivity index (χ0) is 17.9. The smallest absolute Gasteiger partial charge is 0.254 e. The van der Waals surface area contributed by atoms with E-state index in [1.165, 1.54) is 4.91 Å². The fourth-order valence-electron chi connectivity index (χ4n) is 5.63. The largest absolute Gasteiger partial charge is 0.383 e. The number of alkyl halides is 2. The van der Waals surface area contributed by atoms with Gasteiger partial charge in [0.15, 0.2) is 5.17 Å². The van der Waals surface area contributed by atoms with E-state index in [0.29, 0.717) is 19.1 Å². The molecule has 4 fully saturated rings. The molecule has 4 saturated carbocycles. The number of methoxy groups -OCH3 is 1. The number of carbonyl (C=O) groups is 1. The molecule has 0 aromatic heterocycles. The first-order valence-electron chi connectivity index (χ1n) is 8.92. The minimum absolute atomic E-state index is 0.0142. The monoisotopic (exact) mass is 403 g/mol. The number of allylic oxidation sites excluding steroid dienone is 1. The number of thiol groups is 1. The van der Waals surface area contributed by atoms with Crippen molar-refractivity contribution in [2.45, 2.75) is 55.2 Å². The minimum atomic E-state index is -0.463. The second-order valence-corrected chi connectivity index (χ2v) is 11.3. The van der Waals surface area contributed by atoms with E-state index in [1.807, 2.05) is 4.90 Å². The van der Waals surface area contributed by atoms with Crippen molar-refractivity contribution in [1.29, 1.82) is 0 Å².